The van der Waals surface area contributed by atoms with E-state index < -0.39 is 6.04 Å². The Kier molecular flexibility index (Phi) is 6.53. The largest absolute Gasteiger partial charge is 0.396 e. The Morgan fingerprint density at radius 1 is 1.32 bits per heavy atom. The molecule has 4 heteroatoms. The van der Waals surface area contributed by atoms with E-state index >= 15 is 0 Å². The van der Waals surface area contributed by atoms with Crippen LogP contribution in [-0.2, 0) is 11.2 Å². The molecule has 3 N–H and O–H groups in total. The van der Waals surface area contributed by atoms with Crippen LogP contribution < -0.4 is 5.73 Å². The molecule has 19 heavy (non-hydrogen) atoms. The fourth-order valence-electron chi connectivity index (χ4n) is 2.03. The number of hydrogen-bond donors (Lipinski definition) is 2. The first-order chi connectivity index (χ1) is 9.06. The molecule has 4 nitrogen and oxygen atoms in total. The monoisotopic (exact) mass is 264 g/mol. The number of benzene rings is 1. The highest BCUT2D eigenvalue weighted by atomic mass is 16.3. The van der Waals surface area contributed by atoms with Gasteiger partial charge in [-0.1, -0.05) is 30.3 Å². The molecule has 0 spiro atoms. The van der Waals surface area contributed by atoms with Crippen molar-refractivity contribution in [3.8, 4) is 0 Å². The van der Waals surface area contributed by atoms with Crippen molar-refractivity contribution in [2.45, 2.75) is 38.8 Å². The lowest BCUT2D eigenvalue weighted by Gasteiger charge is -2.29. The molecule has 0 fully saturated rings. The van der Waals surface area contributed by atoms with Gasteiger partial charge in [0.25, 0.3) is 0 Å². The summed E-state index contributed by atoms with van der Waals surface area (Å²) in [6, 6.07) is 9.35. The second-order valence-corrected chi connectivity index (χ2v) is 5.00. The summed E-state index contributed by atoms with van der Waals surface area (Å²) < 4.78 is 0. The van der Waals surface area contributed by atoms with E-state index in [9.17, 15) is 4.79 Å². The van der Waals surface area contributed by atoms with E-state index in [1.54, 1.807) is 4.90 Å². The van der Waals surface area contributed by atoms with E-state index in [2.05, 4.69) is 0 Å². The fourth-order valence-corrected chi connectivity index (χ4v) is 2.03. The summed E-state index contributed by atoms with van der Waals surface area (Å²) >= 11 is 0. The van der Waals surface area contributed by atoms with Crippen molar-refractivity contribution in [2.75, 3.05) is 13.2 Å². The van der Waals surface area contributed by atoms with E-state index in [0.717, 1.165) is 5.56 Å². The normalized spacial score (nSPS) is 12.5. The minimum Gasteiger partial charge on any atom is -0.396 e. The SMILES string of the molecule is CC(C)N(CCCO)C(=O)C(N)Cc1ccccc1. The number of carbonyl (C=O) groups excluding carboxylic acids is 1. The van der Waals surface area contributed by atoms with Crippen molar-refractivity contribution >= 4 is 5.91 Å². The molecule has 0 aromatic heterocycles. The van der Waals surface area contributed by atoms with Crippen LogP contribution in [0.15, 0.2) is 30.3 Å². The number of aliphatic hydroxyl groups is 1. The van der Waals surface area contributed by atoms with Gasteiger partial charge in [0.05, 0.1) is 6.04 Å². The number of rotatable bonds is 7. The second kappa shape index (κ2) is 7.92. The molecule has 0 aliphatic carbocycles. The van der Waals surface area contributed by atoms with Crippen LogP contribution in [-0.4, -0.2) is 41.1 Å². The quantitative estimate of drug-likeness (QED) is 0.777. The minimum absolute atomic E-state index is 0.0488. The summed E-state index contributed by atoms with van der Waals surface area (Å²) in [5.41, 5.74) is 7.07. The molecule has 1 atom stereocenters. The van der Waals surface area contributed by atoms with E-state index in [1.807, 2.05) is 44.2 Å². The zero-order valence-electron chi connectivity index (χ0n) is 11.7. The van der Waals surface area contributed by atoms with Gasteiger partial charge in [0.1, 0.15) is 0 Å². The van der Waals surface area contributed by atoms with Crippen molar-refractivity contribution in [1.29, 1.82) is 0 Å². The van der Waals surface area contributed by atoms with Gasteiger partial charge in [-0.3, -0.25) is 4.79 Å². The summed E-state index contributed by atoms with van der Waals surface area (Å²) in [4.78, 5) is 14.1. The molecule has 0 radical (unpaired) electrons. The number of carbonyl (C=O) groups is 1. The lowest BCUT2D eigenvalue weighted by molar-refractivity contribution is -0.134. The van der Waals surface area contributed by atoms with E-state index in [-0.39, 0.29) is 18.6 Å². The highest BCUT2D eigenvalue weighted by molar-refractivity contribution is 5.82. The Bertz CT molecular complexity index is 379. The lowest BCUT2D eigenvalue weighted by atomic mass is 10.0. The maximum atomic E-state index is 12.3. The van der Waals surface area contributed by atoms with E-state index in [4.69, 9.17) is 10.8 Å². The summed E-state index contributed by atoms with van der Waals surface area (Å²) in [6.45, 7) is 4.56. The Balaban J connectivity index is 2.63. The third kappa shape index (κ3) is 5.01. The van der Waals surface area contributed by atoms with Gasteiger partial charge in [-0.25, -0.2) is 0 Å². The summed E-state index contributed by atoms with van der Waals surface area (Å²) in [7, 11) is 0. The standard InChI is InChI=1S/C15H24N2O2/c1-12(2)17(9-6-10-18)15(19)14(16)11-13-7-4-3-5-8-13/h3-5,7-8,12,14,18H,6,9-11,16H2,1-2H3. The van der Waals surface area contributed by atoms with Crippen LogP contribution in [0, 0.1) is 0 Å². The van der Waals surface area contributed by atoms with Crippen molar-refractivity contribution in [2.24, 2.45) is 5.73 Å². The fraction of sp³-hybridized carbons (Fsp3) is 0.533. The first-order valence-electron chi connectivity index (χ1n) is 6.77. The zero-order chi connectivity index (χ0) is 14.3. The molecule has 0 heterocycles. The van der Waals surface area contributed by atoms with Gasteiger partial charge in [-0.15, -0.1) is 0 Å². The van der Waals surface area contributed by atoms with E-state index in [1.165, 1.54) is 0 Å². The van der Waals surface area contributed by atoms with Gasteiger partial charge in [-0.2, -0.15) is 0 Å². The maximum absolute atomic E-state index is 12.3. The molecule has 0 aliphatic heterocycles. The molecule has 0 aliphatic rings. The summed E-state index contributed by atoms with van der Waals surface area (Å²) in [5, 5.41) is 8.88. The molecule has 1 rings (SSSR count). The number of hydrogen-bond acceptors (Lipinski definition) is 3. The predicted octanol–water partition coefficient (Wildman–Crippen LogP) is 1.18. The highest BCUT2D eigenvalue weighted by Crippen LogP contribution is 2.07. The average Bonchev–Trinajstić information content (AvgIpc) is 2.39. The third-order valence-corrected chi connectivity index (χ3v) is 3.08. The molecular formula is C15H24N2O2. The molecule has 1 aromatic carbocycles. The van der Waals surface area contributed by atoms with Crippen LogP contribution >= 0.6 is 0 Å². The van der Waals surface area contributed by atoms with Crippen molar-refractivity contribution in [3.05, 3.63) is 35.9 Å². The van der Waals surface area contributed by atoms with Gasteiger partial charge < -0.3 is 15.7 Å². The first kappa shape index (κ1) is 15.7. The Labute approximate surface area is 115 Å². The second-order valence-electron chi connectivity index (χ2n) is 5.00. The van der Waals surface area contributed by atoms with Crippen LogP contribution in [0.4, 0.5) is 0 Å². The summed E-state index contributed by atoms with van der Waals surface area (Å²) in [5.74, 6) is -0.0488. The number of nitrogens with two attached hydrogens (primary N) is 1. The molecule has 1 aromatic rings. The Morgan fingerprint density at radius 2 is 1.95 bits per heavy atom. The molecule has 0 saturated carbocycles. The van der Waals surface area contributed by atoms with Crippen LogP contribution in [0.1, 0.15) is 25.8 Å². The van der Waals surface area contributed by atoms with Gasteiger partial charge in [-0.05, 0) is 32.3 Å². The third-order valence-electron chi connectivity index (χ3n) is 3.08. The number of nitrogens with zero attached hydrogens (tertiary/aromatic N) is 1. The minimum atomic E-state index is -0.525. The molecule has 106 valence electrons. The van der Waals surface area contributed by atoms with Gasteiger partial charge in [0.15, 0.2) is 0 Å². The number of aliphatic hydroxyl groups excluding tert-OH is 1. The van der Waals surface area contributed by atoms with E-state index in [0.29, 0.717) is 19.4 Å². The smallest absolute Gasteiger partial charge is 0.240 e. The van der Waals surface area contributed by atoms with Crippen LogP contribution in [0.2, 0.25) is 0 Å². The predicted molar refractivity (Wildman–Crippen MR) is 76.7 cm³/mol. The van der Waals surface area contributed by atoms with Gasteiger partial charge in [0, 0.05) is 19.2 Å². The topological polar surface area (TPSA) is 66.6 Å². The summed E-state index contributed by atoms with van der Waals surface area (Å²) in [6.07, 6.45) is 1.13. The molecule has 0 saturated heterocycles. The highest BCUT2D eigenvalue weighted by Gasteiger charge is 2.22. The Morgan fingerprint density at radius 3 is 2.47 bits per heavy atom. The molecule has 1 amide bonds. The van der Waals surface area contributed by atoms with Gasteiger partial charge >= 0.3 is 0 Å². The van der Waals surface area contributed by atoms with Crippen LogP contribution in [0.5, 0.6) is 0 Å². The molecule has 1 unspecified atom stereocenters. The van der Waals surface area contributed by atoms with Crippen LogP contribution in [0.25, 0.3) is 0 Å². The maximum Gasteiger partial charge on any atom is 0.240 e. The lowest BCUT2D eigenvalue weighted by Crippen LogP contribution is -2.48. The molecular weight excluding hydrogens is 240 g/mol. The Hall–Kier alpha value is -1.39. The van der Waals surface area contributed by atoms with Crippen molar-refractivity contribution in [1.82, 2.24) is 4.90 Å². The van der Waals surface area contributed by atoms with Crippen molar-refractivity contribution < 1.29 is 9.90 Å². The van der Waals surface area contributed by atoms with Crippen molar-refractivity contribution in [3.63, 3.8) is 0 Å². The van der Waals surface area contributed by atoms with Crippen LogP contribution in [0.3, 0.4) is 0 Å². The zero-order valence-corrected chi connectivity index (χ0v) is 11.7. The molecule has 0 bridgehead atoms. The first-order valence-corrected chi connectivity index (χ1v) is 6.77. The average molecular weight is 264 g/mol. The van der Waals surface area contributed by atoms with Gasteiger partial charge in [0.2, 0.25) is 5.91 Å². The number of amides is 1.